The summed E-state index contributed by atoms with van der Waals surface area (Å²) in [5.74, 6) is 0.615. The maximum Gasteiger partial charge on any atom is 0.263 e. The highest BCUT2D eigenvalue weighted by Crippen LogP contribution is 2.31. The summed E-state index contributed by atoms with van der Waals surface area (Å²) in [5, 5.41) is 7.28. The van der Waals surface area contributed by atoms with Crippen molar-refractivity contribution in [3.8, 4) is 11.3 Å². The quantitative estimate of drug-likeness (QED) is 0.528. The van der Waals surface area contributed by atoms with Gasteiger partial charge in [-0.1, -0.05) is 68.4 Å². The fourth-order valence-corrected chi connectivity index (χ4v) is 3.40. The Balaban J connectivity index is 0.00000112. The van der Waals surface area contributed by atoms with Crippen LogP contribution in [-0.2, 0) is 4.74 Å². The molecule has 0 amide bonds. The summed E-state index contributed by atoms with van der Waals surface area (Å²) in [7, 11) is 1.85. The Bertz CT molecular complexity index is 1220. The van der Waals surface area contributed by atoms with E-state index in [0.717, 1.165) is 22.0 Å². The number of ether oxygens (including phenoxy) is 1. The molecular formula is C24H24N6O. The molecule has 0 aliphatic carbocycles. The lowest BCUT2D eigenvalue weighted by Gasteiger charge is -2.17. The van der Waals surface area contributed by atoms with Crippen molar-refractivity contribution >= 4 is 22.6 Å². The van der Waals surface area contributed by atoms with E-state index in [9.17, 15) is 0 Å². The largest absolute Gasteiger partial charge is 0.445 e. The van der Waals surface area contributed by atoms with Crippen LogP contribution in [0.4, 0.5) is 5.82 Å². The van der Waals surface area contributed by atoms with E-state index in [1.165, 1.54) is 0 Å². The third-order valence-corrected chi connectivity index (χ3v) is 4.81. The Morgan fingerprint density at radius 1 is 0.935 bits per heavy atom. The number of pyridine rings is 1. The van der Waals surface area contributed by atoms with E-state index in [-0.39, 0.29) is 12.0 Å². The molecule has 0 spiro atoms. The van der Waals surface area contributed by atoms with Crippen LogP contribution in [0.2, 0.25) is 0 Å². The number of nitrogens with zero attached hydrogens (tertiary/aromatic N) is 5. The van der Waals surface area contributed by atoms with E-state index in [1.54, 1.807) is 17.4 Å². The third-order valence-electron chi connectivity index (χ3n) is 4.81. The molecule has 2 aromatic carbocycles. The summed E-state index contributed by atoms with van der Waals surface area (Å²) < 4.78 is 6.08. The van der Waals surface area contributed by atoms with Crippen molar-refractivity contribution in [1.29, 1.82) is 0 Å². The monoisotopic (exact) mass is 412 g/mol. The van der Waals surface area contributed by atoms with Crippen LogP contribution in [-0.4, -0.2) is 32.9 Å². The van der Waals surface area contributed by atoms with E-state index < -0.39 is 0 Å². The molecule has 5 rings (SSSR count). The summed E-state index contributed by atoms with van der Waals surface area (Å²) in [6.45, 7) is 4.00. The van der Waals surface area contributed by atoms with Gasteiger partial charge in [0.05, 0.1) is 17.4 Å². The normalized spacial score (nSPS) is 15.1. The van der Waals surface area contributed by atoms with E-state index >= 15 is 0 Å². The number of benzene rings is 2. The van der Waals surface area contributed by atoms with Crippen molar-refractivity contribution in [2.75, 3.05) is 12.8 Å². The Labute approximate surface area is 181 Å². The highest BCUT2D eigenvalue weighted by Gasteiger charge is 2.30. The van der Waals surface area contributed by atoms with Gasteiger partial charge in [0.25, 0.3) is 5.90 Å². The Morgan fingerprint density at radius 2 is 1.71 bits per heavy atom. The molecule has 1 unspecified atom stereocenters. The Morgan fingerprint density at radius 3 is 2.52 bits per heavy atom. The average molecular weight is 412 g/mol. The van der Waals surface area contributed by atoms with E-state index in [4.69, 9.17) is 15.5 Å². The van der Waals surface area contributed by atoms with Crippen molar-refractivity contribution in [3.05, 3.63) is 84.3 Å². The van der Waals surface area contributed by atoms with Crippen LogP contribution in [0.1, 0.15) is 31.3 Å². The van der Waals surface area contributed by atoms with Gasteiger partial charge in [0, 0.05) is 29.8 Å². The highest BCUT2D eigenvalue weighted by molar-refractivity contribution is 5.98. The summed E-state index contributed by atoms with van der Waals surface area (Å²) in [6.07, 6.45) is 3.08. The third kappa shape index (κ3) is 3.90. The smallest absolute Gasteiger partial charge is 0.263 e. The van der Waals surface area contributed by atoms with Crippen LogP contribution in [0.25, 0.3) is 22.2 Å². The molecule has 31 heavy (non-hydrogen) atoms. The molecular weight excluding hydrogens is 388 g/mol. The zero-order valence-corrected chi connectivity index (χ0v) is 17.7. The van der Waals surface area contributed by atoms with Gasteiger partial charge in [-0.15, -0.1) is 5.10 Å². The molecule has 4 aromatic rings. The lowest BCUT2D eigenvalue weighted by Crippen LogP contribution is -2.16. The highest BCUT2D eigenvalue weighted by atomic mass is 16.5. The van der Waals surface area contributed by atoms with Gasteiger partial charge in [-0.2, -0.15) is 0 Å². The first-order valence-corrected chi connectivity index (χ1v) is 10.2. The summed E-state index contributed by atoms with van der Waals surface area (Å²) in [4.78, 5) is 13.6. The number of hydrogen-bond donors (Lipinski definition) is 1. The second kappa shape index (κ2) is 8.79. The summed E-state index contributed by atoms with van der Waals surface area (Å²) in [5.41, 5.74) is 9.93. The molecule has 1 atom stereocenters. The molecule has 7 heteroatoms. The maximum absolute atomic E-state index is 6.12. The fraction of sp³-hybridized carbons (Fsp3) is 0.167. The van der Waals surface area contributed by atoms with Gasteiger partial charge < -0.3 is 10.5 Å². The number of nitrogen functional groups attached to an aromatic ring is 1. The number of rotatable bonds is 3. The predicted octanol–water partition coefficient (Wildman–Crippen LogP) is 4.62. The maximum atomic E-state index is 6.12. The number of para-hydroxylation sites is 1. The Hall–Kier alpha value is -4.00. The van der Waals surface area contributed by atoms with Crippen LogP contribution in [0.15, 0.2) is 78.2 Å². The first kappa shape index (κ1) is 20.3. The standard InChI is InChI=1S/C22H18N6O.C2H6/c1-28-22(15-7-3-2-4-8-15)29-21(27-28)19-20(23)25-13-17(26-19)16-11-5-9-14-10-6-12-24-18(14)16;1-2/h2-13,22H,1H3,(H2,23,25);1-2H3. The van der Waals surface area contributed by atoms with Gasteiger partial charge >= 0.3 is 0 Å². The molecule has 1 aliphatic rings. The number of nitrogens with two attached hydrogens (primary N) is 1. The number of hydrogen-bond acceptors (Lipinski definition) is 7. The zero-order chi connectivity index (χ0) is 21.8. The molecule has 0 saturated carbocycles. The topological polar surface area (TPSA) is 89.5 Å². The fourth-order valence-electron chi connectivity index (χ4n) is 3.40. The lowest BCUT2D eigenvalue weighted by atomic mass is 10.1. The van der Waals surface area contributed by atoms with E-state index in [0.29, 0.717) is 17.3 Å². The molecule has 1 aliphatic heterocycles. The van der Waals surface area contributed by atoms with E-state index in [2.05, 4.69) is 15.1 Å². The number of hydrazone groups is 1. The van der Waals surface area contributed by atoms with Gasteiger partial charge in [0.15, 0.2) is 11.5 Å². The van der Waals surface area contributed by atoms with Gasteiger partial charge in [-0.05, 0) is 6.07 Å². The SMILES string of the molecule is CC.CN1N=C(c2nc(-c3cccc4cccnc34)cnc2N)OC1c1ccccc1. The molecule has 0 radical (unpaired) electrons. The predicted molar refractivity (Wildman–Crippen MR) is 123 cm³/mol. The second-order valence-corrected chi connectivity index (χ2v) is 6.73. The first-order chi connectivity index (χ1) is 15.2. The van der Waals surface area contributed by atoms with Crippen LogP contribution in [0.3, 0.4) is 0 Å². The molecule has 3 heterocycles. The number of fused-ring (bicyclic) bond motifs is 1. The van der Waals surface area contributed by atoms with Crippen molar-refractivity contribution in [2.45, 2.75) is 20.1 Å². The lowest BCUT2D eigenvalue weighted by molar-refractivity contribution is 0.0778. The number of aromatic nitrogens is 3. The van der Waals surface area contributed by atoms with Gasteiger partial charge in [0.2, 0.25) is 6.23 Å². The second-order valence-electron chi connectivity index (χ2n) is 6.73. The first-order valence-electron chi connectivity index (χ1n) is 10.2. The molecule has 2 aromatic heterocycles. The van der Waals surface area contributed by atoms with Crippen LogP contribution < -0.4 is 5.73 Å². The molecule has 0 saturated heterocycles. The molecule has 7 nitrogen and oxygen atoms in total. The number of anilines is 1. The van der Waals surface area contributed by atoms with Crippen molar-refractivity contribution in [3.63, 3.8) is 0 Å². The molecule has 2 N–H and O–H groups in total. The van der Waals surface area contributed by atoms with Crippen LogP contribution in [0, 0.1) is 0 Å². The van der Waals surface area contributed by atoms with Gasteiger partial charge in [0.1, 0.15) is 0 Å². The van der Waals surface area contributed by atoms with Crippen molar-refractivity contribution in [2.24, 2.45) is 5.10 Å². The van der Waals surface area contributed by atoms with Crippen molar-refractivity contribution < 1.29 is 4.74 Å². The average Bonchev–Trinajstić information content (AvgIpc) is 3.22. The molecule has 156 valence electrons. The minimum Gasteiger partial charge on any atom is -0.445 e. The summed E-state index contributed by atoms with van der Waals surface area (Å²) in [6, 6.07) is 19.8. The van der Waals surface area contributed by atoms with E-state index in [1.807, 2.05) is 81.6 Å². The van der Waals surface area contributed by atoms with Crippen LogP contribution in [0.5, 0.6) is 0 Å². The zero-order valence-electron chi connectivity index (χ0n) is 17.7. The molecule has 0 bridgehead atoms. The van der Waals surface area contributed by atoms with Crippen molar-refractivity contribution in [1.82, 2.24) is 20.0 Å². The Kier molecular flexibility index (Phi) is 5.75. The van der Waals surface area contributed by atoms with Crippen LogP contribution >= 0.6 is 0 Å². The summed E-state index contributed by atoms with van der Waals surface area (Å²) >= 11 is 0. The molecule has 0 fully saturated rings. The van der Waals surface area contributed by atoms with Gasteiger partial charge in [-0.3, -0.25) is 9.99 Å². The van der Waals surface area contributed by atoms with Gasteiger partial charge in [-0.25, -0.2) is 9.97 Å². The minimum absolute atomic E-state index is 0.266. The minimum atomic E-state index is -0.338.